The Morgan fingerprint density at radius 3 is 2.10 bits per heavy atom. The molecule has 0 bridgehead atoms. The van der Waals surface area contributed by atoms with Crippen LogP contribution in [0.5, 0.6) is 0 Å². The van der Waals surface area contributed by atoms with Crippen molar-refractivity contribution < 1.29 is 24.0 Å². The summed E-state index contributed by atoms with van der Waals surface area (Å²) in [5.74, 6) is -2.62. The predicted molar refractivity (Wildman–Crippen MR) is 191 cm³/mol. The molecule has 16 nitrogen and oxygen atoms in total. The third-order valence-electron chi connectivity index (χ3n) is 7.83. The molecule has 4 rings (SSSR count). The van der Waals surface area contributed by atoms with Crippen LogP contribution in [0.2, 0.25) is 0 Å². The number of carbonyl (C=O) groups is 5. The van der Waals surface area contributed by atoms with Crippen LogP contribution in [0.25, 0.3) is 10.8 Å². The molecule has 0 saturated carbocycles. The Morgan fingerprint density at radius 2 is 1.45 bits per heavy atom. The molecule has 0 aliphatic rings. The van der Waals surface area contributed by atoms with Crippen LogP contribution in [0.3, 0.4) is 0 Å². The van der Waals surface area contributed by atoms with Crippen LogP contribution in [0, 0.1) is 0 Å². The summed E-state index contributed by atoms with van der Waals surface area (Å²) in [6.45, 7) is 1.39. The smallest absolute Gasteiger partial charge is 0.333 e. The van der Waals surface area contributed by atoms with Gasteiger partial charge in [-0.3, -0.25) is 29.6 Å². The molecule has 0 spiro atoms. The van der Waals surface area contributed by atoms with Crippen LogP contribution in [0.15, 0.2) is 90.3 Å². The van der Waals surface area contributed by atoms with E-state index in [0.29, 0.717) is 11.3 Å². The summed E-state index contributed by atoms with van der Waals surface area (Å²) in [7, 11) is 0. The Balaban J connectivity index is 1.55. The van der Waals surface area contributed by atoms with E-state index in [9.17, 15) is 24.0 Å². The topological polar surface area (TPSA) is 256 Å². The van der Waals surface area contributed by atoms with Crippen molar-refractivity contribution in [3.8, 4) is 0 Å². The molecule has 0 radical (unpaired) electrons. The summed E-state index contributed by atoms with van der Waals surface area (Å²) in [6.07, 6.45) is 3.47. The highest BCUT2D eigenvalue weighted by molar-refractivity contribution is 5.94. The summed E-state index contributed by atoms with van der Waals surface area (Å²) in [4.78, 5) is 76.5. The molecule has 0 aliphatic carbocycles. The minimum absolute atomic E-state index is 0.0475. The average Bonchev–Trinajstić information content (AvgIpc) is 3.62. The van der Waals surface area contributed by atoms with E-state index in [2.05, 4.69) is 36.3 Å². The highest BCUT2D eigenvalue weighted by Gasteiger charge is 2.31. The number of urea groups is 1. The molecule has 51 heavy (non-hydrogen) atoms. The molecule has 268 valence electrons. The fourth-order valence-corrected chi connectivity index (χ4v) is 5.35. The van der Waals surface area contributed by atoms with Crippen LogP contribution < -0.4 is 38.6 Å². The minimum Gasteiger partial charge on any atom is -0.370 e. The first kappa shape index (κ1) is 37.4. The van der Waals surface area contributed by atoms with Gasteiger partial charge in [-0.25, -0.2) is 14.8 Å². The van der Waals surface area contributed by atoms with Crippen LogP contribution in [-0.4, -0.2) is 75.3 Å². The second-order valence-electron chi connectivity index (χ2n) is 11.9. The Bertz CT molecular complexity index is 1830. The summed E-state index contributed by atoms with van der Waals surface area (Å²) in [6, 6.07) is 17.9. The van der Waals surface area contributed by atoms with E-state index >= 15 is 0 Å². The van der Waals surface area contributed by atoms with Crippen molar-refractivity contribution in [3.05, 3.63) is 102 Å². The number of carbonyl (C=O) groups excluding carboxylic acids is 5. The maximum absolute atomic E-state index is 14.0. The number of hydrogen-bond donors (Lipinski definition) is 8. The fourth-order valence-electron chi connectivity index (χ4n) is 5.35. The molecular formula is C35H43N11O5. The van der Waals surface area contributed by atoms with E-state index in [1.807, 2.05) is 48.5 Å². The van der Waals surface area contributed by atoms with Crippen molar-refractivity contribution in [1.82, 2.24) is 36.4 Å². The van der Waals surface area contributed by atoms with Gasteiger partial charge in [-0.05, 0) is 40.8 Å². The van der Waals surface area contributed by atoms with Crippen LogP contribution in [0.1, 0.15) is 36.6 Å². The van der Waals surface area contributed by atoms with Crippen molar-refractivity contribution in [3.63, 3.8) is 0 Å². The SMILES string of the molecule is CC(=O)N[C@@H](Cc1cnc[nH]1)C(=O)N[C@H](Cc1ccccc1)C(=O)N[C@@H](CCCN=C(N)N)C(=O)NN(Cc1ccc2ccccc2c1)C(N)=O. The normalized spacial score (nSPS) is 12.5. The molecule has 0 aliphatic heterocycles. The third-order valence-corrected chi connectivity index (χ3v) is 7.83. The largest absolute Gasteiger partial charge is 0.370 e. The van der Waals surface area contributed by atoms with E-state index in [0.717, 1.165) is 21.3 Å². The monoisotopic (exact) mass is 697 g/mol. The number of nitrogens with one attached hydrogen (secondary N) is 5. The number of guanidine groups is 1. The quantitative estimate of drug-likeness (QED) is 0.0353. The number of hydrogen-bond acceptors (Lipinski definition) is 7. The molecule has 0 fully saturated rings. The minimum atomic E-state index is -1.20. The van der Waals surface area contributed by atoms with Crippen LogP contribution >= 0.6 is 0 Å². The number of aromatic nitrogens is 2. The standard InChI is InChI=1S/C35H43N11O5/c1-22(47)42-30(18-27-19-39-21-41-27)32(49)44-29(17-23-8-3-2-4-9-23)31(48)43-28(12-7-15-40-34(36)37)33(50)45-46(35(38)51)20-24-13-14-25-10-5-6-11-26(25)16-24/h2-6,8-11,13-14,16,19,21,28-30H,7,12,15,17-18,20H2,1H3,(H2,38,51)(H,39,41)(H,42,47)(H,43,48)(H,44,49)(H,45,50)(H4,36,37,40)/t28-,29+,30-/m0/s1. The number of imidazole rings is 1. The van der Waals surface area contributed by atoms with Crippen molar-refractivity contribution >= 4 is 46.4 Å². The van der Waals surface area contributed by atoms with Gasteiger partial charge in [0, 0.05) is 38.2 Å². The molecule has 0 unspecified atom stereocenters. The Morgan fingerprint density at radius 1 is 0.784 bits per heavy atom. The first-order chi connectivity index (χ1) is 24.5. The second-order valence-corrected chi connectivity index (χ2v) is 11.9. The predicted octanol–water partition coefficient (Wildman–Crippen LogP) is 0.488. The van der Waals surface area contributed by atoms with Gasteiger partial charge in [-0.1, -0.05) is 66.7 Å². The molecular weight excluding hydrogens is 654 g/mol. The van der Waals surface area contributed by atoms with Gasteiger partial charge in [0.1, 0.15) is 18.1 Å². The van der Waals surface area contributed by atoms with Gasteiger partial charge in [-0.2, -0.15) is 0 Å². The van der Waals surface area contributed by atoms with Gasteiger partial charge in [0.25, 0.3) is 5.91 Å². The number of hydrazine groups is 1. The number of nitrogens with two attached hydrogens (primary N) is 3. The average molecular weight is 698 g/mol. The molecule has 1 aromatic heterocycles. The number of fused-ring (bicyclic) bond motifs is 1. The van der Waals surface area contributed by atoms with Crippen molar-refractivity contribution in [2.45, 2.75) is 57.3 Å². The number of aromatic amines is 1. The molecule has 1 heterocycles. The number of rotatable bonds is 16. The lowest BCUT2D eigenvalue weighted by Crippen LogP contribution is -2.59. The zero-order valence-electron chi connectivity index (χ0n) is 28.2. The lowest BCUT2D eigenvalue weighted by Gasteiger charge is -2.27. The van der Waals surface area contributed by atoms with E-state index in [1.165, 1.54) is 19.4 Å². The Kier molecular flexibility index (Phi) is 13.4. The van der Waals surface area contributed by atoms with E-state index < -0.39 is 47.8 Å². The van der Waals surface area contributed by atoms with Crippen LogP contribution in [0.4, 0.5) is 4.79 Å². The number of aliphatic imine (C=N–C) groups is 1. The van der Waals surface area contributed by atoms with E-state index in [1.54, 1.807) is 24.3 Å². The van der Waals surface area contributed by atoms with Gasteiger partial charge in [0.2, 0.25) is 17.7 Å². The number of primary amides is 1. The molecule has 6 amide bonds. The first-order valence-corrected chi connectivity index (χ1v) is 16.3. The lowest BCUT2D eigenvalue weighted by atomic mass is 10.0. The molecule has 11 N–H and O–H groups in total. The van der Waals surface area contributed by atoms with Gasteiger partial charge in [-0.15, -0.1) is 0 Å². The summed E-state index contributed by atoms with van der Waals surface area (Å²) < 4.78 is 0. The molecule has 0 saturated heterocycles. The van der Waals surface area contributed by atoms with Crippen molar-refractivity contribution in [1.29, 1.82) is 0 Å². The maximum atomic E-state index is 14.0. The number of amides is 6. The van der Waals surface area contributed by atoms with Gasteiger partial charge in [0.05, 0.1) is 12.9 Å². The maximum Gasteiger partial charge on any atom is 0.333 e. The molecule has 3 atom stereocenters. The van der Waals surface area contributed by atoms with Gasteiger partial charge in [0.15, 0.2) is 5.96 Å². The third kappa shape index (κ3) is 11.9. The Hall–Kier alpha value is -6.45. The molecule has 3 aromatic carbocycles. The first-order valence-electron chi connectivity index (χ1n) is 16.3. The van der Waals surface area contributed by atoms with Crippen molar-refractivity contribution in [2.24, 2.45) is 22.2 Å². The highest BCUT2D eigenvalue weighted by atomic mass is 16.2. The number of benzene rings is 3. The van der Waals surface area contributed by atoms with E-state index in [4.69, 9.17) is 17.2 Å². The molecule has 4 aromatic rings. The van der Waals surface area contributed by atoms with E-state index in [-0.39, 0.29) is 44.7 Å². The summed E-state index contributed by atoms with van der Waals surface area (Å²) in [5.41, 5.74) is 21.1. The second kappa shape index (κ2) is 18.4. The van der Waals surface area contributed by atoms with Crippen molar-refractivity contribution in [2.75, 3.05) is 6.54 Å². The zero-order valence-corrected chi connectivity index (χ0v) is 28.2. The number of nitrogens with zero attached hydrogens (tertiary/aromatic N) is 3. The van der Waals surface area contributed by atoms with Gasteiger partial charge < -0.3 is 38.1 Å². The zero-order chi connectivity index (χ0) is 36.8. The number of H-pyrrole nitrogens is 1. The highest BCUT2D eigenvalue weighted by Crippen LogP contribution is 2.17. The van der Waals surface area contributed by atoms with Gasteiger partial charge >= 0.3 is 6.03 Å². The molecule has 16 heteroatoms. The lowest BCUT2D eigenvalue weighted by molar-refractivity contribution is -0.134. The summed E-state index contributed by atoms with van der Waals surface area (Å²) in [5, 5.41) is 11.0. The summed E-state index contributed by atoms with van der Waals surface area (Å²) >= 11 is 0. The fraction of sp³-hybridized carbons (Fsp3) is 0.286. The van der Waals surface area contributed by atoms with Crippen LogP contribution in [-0.2, 0) is 38.6 Å². The Labute approximate surface area is 294 Å².